The van der Waals surface area contributed by atoms with E-state index in [0.717, 1.165) is 40.3 Å². The van der Waals surface area contributed by atoms with Crippen molar-refractivity contribution in [1.29, 1.82) is 0 Å². The van der Waals surface area contributed by atoms with Gasteiger partial charge < -0.3 is 9.30 Å². The fraction of sp³-hybridized carbons (Fsp3) is 0.133. The quantitative estimate of drug-likeness (QED) is 0.153. The first-order chi connectivity index (χ1) is 30.4. The smallest absolute Gasteiger partial charge is 0.135 e. The van der Waals surface area contributed by atoms with Gasteiger partial charge in [0.25, 0.3) is 0 Å². The highest BCUT2D eigenvalue weighted by Crippen LogP contribution is 2.49. The molecule has 0 spiro atoms. The number of allylic oxidation sites excluding steroid dienone is 4. The Balaban J connectivity index is 0.000000479. The molecule has 2 heteroatoms. The monoisotopic (exact) mass is 805 g/mol. The molecule has 10 rings (SSSR count). The summed E-state index contributed by atoms with van der Waals surface area (Å²) in [6, 6.07) is 63.5. The van der Waals surface area contributed by atoms with Crippen molar-refractivity contribution in [2.75, 3.05) is 0 Å². The first-order valence-electron chi connectivity index (χ1n) is 22.0. The maximum atomic E-state index is 6.77. The Labute approximate surface area is 368 Å². The van der Waals surface area contributed by atoms with Crippen LogP contribution in [0.2, 0.25) is 0 Å². The zero-order valence-electron chi connectivity index (χ0n) is 37.0. The van der Waals surface area contributed by atoms with Crippen LogP contribution < -0.4 is 4.74 Å². The summed E-state index contributed by atoms with van der Waals surface area (Å²) >= 11 is 0. The van der Waals surface area contributed by atoms with E-state index in [1.54, 1.807) is 0 Å². The molecule has 9 aromatic rings. The number of fused-ring (bicyclic) bond motifs is 8. The second-order valence-corrected chi connectivity index (χ2v) is 15.7. The van der Waals surface area contributed by atoms with Crippen LogP contribution in [-0.2, 0) is 0 Å². The van der Waals surface area contributed by atoms with Crippen molar-refractivity contribution in [3.05, 3.63) is 211 Å². The van der Waals surface area contributed by atoms with Gasteiger partial charge in [-0.3, -0.25) is 0 Å². The topological polar surface area (TPSA) is 14.2 Å². The van der Waals surface area contributed by atoms with Crippen molar-refractivity contribution in [2.45, 2.75) is 54.9 Å². The summed E-state index contributed by atoms with van der Waals surface area (Å²) in [6.45, 7) is 14.7. The van der Waals surface area contributed by atoms with Crippen molar-refractivity contribution in [1.82, 2.24) is 4.57 Å². The lowest BCUT2D eigenvalue weighted by Gasteiger charge is -2.14. The third-order valence-corrected chi connectivity index (χ3v) is 11.7. The molecule has 62 heavy (non-hydrogen) atoms. The molecule has 306 valence electrons. The van der Waals surface area contributed by atoms with E-state index in [1.165, 1.54) is 77.5 Å². The van der Waals surface area contributed by atoms with Crippen molar-refractivity contribution < 1.29 is 4.74 Å². The standard InChI is InChI=1S/C50H35NO.C8H14.C2H6/c1-32-12-6-7-15-39(32)43-28-34(21-20-33(43)2)36-23-26-49-45(30-36)40-16-8-9-17-41(40)46-31-37(24-27-50(46)52-49)35-22-25-48-44(29-35)42-18-10-11-19-47(42)51(48)38-13-4-3-5-14-38;1-4-6-8(3)7-5-2;1-2/h3-31H,1-2H3;4,6-7H,5H2,1-3H3;1-2H3/b;6-4-,8-7-;. The third kappa shape index (κ3) is 8.17. The van der Waals surface area contributed by atoms with Gasteiger partial charge in [0.15, 0.2) is 0 Å². The molecule has 0 saturated heterocycles. The highest BCUT2D eigenvalue weighted by Gasteiger charge is 2.22. The van der Waals surface area contributed by atoms with E-state index in [4.69, 9.17) is 4.74 Å². The van der Waals surface area contributed by atoms with Crippen LogP contribution in [0.25, 0.3) is 83.1 Å². The van der Waals surface area contributed by atoms with Gasteiger partial charge in [0.1, 0.15) is 11.5 Å². The molecular formula is C60H55NO. The zero-order chi connectivity index (χ0) is 43.2. The van der Waals surface area contributed by atoms with E-state index in [2.05, 4.69) is 226 Å². The number of hydrogen-bond acceptors (Lipinski definition) is 1. The van der Waals surface area contributed by atoms with Crippen LogP contribution >= 0.6 is 0 Å². The van der Waals surface area contributed by atoms with E-state index in [-0.39, 0.29) is 0 Å². The van der Waals surface area contributed by atoms with Crippen LogP contribution in [-0.4, -0.2) is 4.57 Å². The fourth-order valence-corrected chi connectivity index (χ4v) is 8.72. The van der Waals surface area contributed by atoms with Crippen LogP contribution in [0.3, 0.4) is 0 Å². The molecule has 0 unspecified atom stereocenters. The zero-order valence-corrected chi connectivity index (χ0v) is 37.0. The van der Waals surface area contributed by atoms with Crippen molar-refractivity contribution in [3.63, 3.8) is 0 Å². The van der Waals surface area contributed by atoms with Crippen molar-refractivity contribution in [2.24, 2.45) is 0 Å². The van der Waals surface area contributed by atoms with Crippen LogP contribution in [0, 0.1) is 13.8 Å². The number of ether oxygens (including phenoxy) is 1. The fourth-order valence-electron chi connectivity index (χ4n) is 8.72. The molecule has 0 bridgehead atoms. The number of benzene rings is 8. The maximum Gasteiger partial charge on any atom is 0.135 e. The second-order valence-electron chi connectivity index (χ2n) is 15.7. The molecule has 0 aliphatic carbocycles. The molecule has 0 radical (unpaired) electrons. The second kappa shape index (κ2) is 18.6. The summed E-state index contributed by atoms with van der Waals surface area (Å²) in [7, 11) is 0. The number of rotatable bonds is 6. The van der Waals surface area contributed by atoms with Crippen LogP contribution in [0.4, 0.5) is 0 Å². The Bertz CT molecular complexity index is 3090. The molecule has 8 aromatic carbocycles. The molecule has 0 amide bonds. The SMILES string of the molecule is C/C=C\C(C)=C/CC.CC.Cc1ccccc1-c1cc(-c2ccc3c(c2)-c2ccccc2-c2cc(-c4ccc5c(c4)c4ccccc4n5-c4ccccc4)ccc2O3)ccc1C. The van der Waals surface area contributed by atoms with Gasteiger partial charge in [-0.25, -0.2) is 0 Å². The number of aromatic nitrogens is 1. The maximum absolute atomic E-state index is 6.77. The van der Waals surface area contributed by atoms with Gasteiger partial charge in [-0.2, -0.15) is 0 Å². The molecule has 2 nitrogen and oxygen atoms in total. The van der Waals surface area contributed by atoms with Crippen molar-refractivity contribution in [3.8, 4) is 72.8 Å². The van der Waals surface area contributed by atoms with E-state index >= 15 is 0 Å². The predicted octanol–water partition coefficient (Wildman–Crippen LogP) is 17.8. The Hall–Kier alpha value is -7.16. The highest BCUT2D eigenvalue weighted by molar-refractivity contribution is 6.10. The normalized spacial score (nSPS) is 11.7. The van der Waals surface area contributed by atoms with Gasteiger partial charge in [0.2, 0.25) is 0 Å². The minimum Gasteiger partial charge on any atom is -0.456 e. The summed E-state index contributed by atoms with van der Waals surface area (Å²) < 4.78 is 9.13. The Morgan fingerprint density at radius 3 is 1.61 bits per heavy atom. The average molecular weight is 806 g/mol. The minimum absolute atomic E-state index is 0.863. The first kappa shape index (κ1) is 41.6. The Kier molecular flexibility index (Phi) is 12.5. The van der Waals surface area contributed by atoms with Gasteiger partial charge in [0, 0.05) is 27.6 Å². The largest absolute Gasteiger partial charge is 0.456 e. The number of aryl methyl sites for hydroxylation is 2. The molecule has 1 aliphatic heterocycles. The number of nitrogens with zero attached hydrogens (tertiary/aromatic N) is 1. The van der Waals surface area contributed by atoms with Gasteiger partial charge in [-0.15, -0.1) is 0 Å². The molecule has 1 aromatic heterocycles. The average Bonchev–Trinajstić information content (AvgIpc) is 3.57. The molecule has 1 aliphatic rings. The lowest BCUT2D eigenvalue weighted by atomic mass is 9.90. The number of hydrogen-bond donors (Lipinski definition) is 0. The minimum atomic E-state index is 0.863. The molecule has 0 atom stereocenters. The third-order valence-electron chi connectivity index (χ3n) is 11.7. The summed E-state index contributed by atoms with van der Waals surface area (Å²) in [4.78, 5) is 0. The molecular weight excluding hydrogens is 751 g/mol. The van der Waals surface area contributed by atoms with Crippen LogP contribution in [0.5, 0.6) is 11.5 Å². The van der Waals surface area contributed by atoms with Crippen LogP contribution in [0.15, 0.2) is 200 Å². The van der Waals surface area contributed by atoms with E-state index in [1.807, 2.05) is 20.8 Å². The lowest BCUT2D eigenvalue weighted by molar-refractivity contribution is 0.488. The molecule has 0 fully saturated rings. The molecule has 0 N–H and O–H groups in total. The molecule has 2 heterocycles. The van der Waals surface area contributed by atoms with E-state index in [0.29, 0.717) is 0 Å². The number of para-hydroxylation sites is 2. The summed E-state index contributed by atoms with van der Waals surface area (Å²) in [5, 5.41) is 2.49. The summed E-state index contributed by atoms with van der Waals surface area (Å²) in [5.74, 6) is 1.73. The van der Waals surface area contributed by atoms with Gasteiger partial charge in [-0.05, 0) is 150 Å². The van der Waals surface area contributed by atoms with Gasteiger partial charge in [0.05, 0.1) is 11.0 Å². The predicted molar refractivity (Wildman–Crippen MR) is 268 cm³/mol. The highest BCUT2D eigenvalue weighted by atomic mass is 16.5. The first-order valence-corrected chi connectivity index (χ1v) is 22.0. The Morgan fingerprint density at radius 1 is 0.484 bits per heavy atom. The van der Waals surface area contributed by atoms with E-state index < -0.39 is 0 Å². The van der Waals surface area contributed by atoms with Gasteiger partial charge in [-0.1, -0.05) is 160 Å². The van der Waals surface area contributed by atoms with E-state index in [9.17, 15) is 0 Å². The van der Waals surface area contributed by atoms with Crippen LogP contribution in [0.1, 0.15) is 52.2 Å². The van der Waals surface area contributed by atoms with Gasteiger partial charge >= 0.3 is 0 Å². The summed E-state index contributed by atoms with van der Waals surface area (Å²) in [5.41, 5.74) is 19.2. The molecule has 0 saturated carbocycles. The summed E-state index contributed by atoms with van der Waals surface area (Å²) in [6.07, 6.45) is 7.52. The Morgan fingerprint density at radius 2 is 0.984 bits per heavy atom. The lowest BCUT2D eigenvalue weighted by Crippen LogP contribution is -1.92. The van der Waals surface area contributed by atoms with Crippen molar-refractivity contribution >= 4 is 21.8 Å².